The Bertz CT molecular complexity index is 644. The predicted octanol–water partition coefficient (Wildman–Crippen LogP) is 3.54. The fourth-order valence-electron chi connectivity index (χ4n) is 3.05. The molecule has 3 rings (SSSR count). The Morgan fingerprint density at radius 1 is 1.24 bits per heavy atom. The molecule has 0 amide bonds. The van der Waals surface area contributed by atoms with E-state index >= 15 is 0 Å². The third kappa shape index (κ3) is 2.95. The summed E-state index contributed by atoms with van der Waals surface area (Å²) >= 11 is 6.18. The van der Waals surface area contributed by atoms with Crippen LogP contribution in [-0.2, 0) is 13.0 Å². The van der Waals surface area contributed by atoms with Crippen molar-refractivity contribution in [1.29, 1.82) is 0 Å². The highest BCUT2D eigenvalue weighted by Crippen LogP contribution is 2.31. The Morgan fingerprint density at radius 2 is 2.05 bits per heavy atom. The van der Waals surface area contributed by atoms with Gasteiger partial charge in [-0.25, -0.2) is 4.39 Å². The van der Waals surface area contributed by atoms with Crippen molar-refractivity contribution in [2.24, 2.45) is 5.73 Å². The normalized spacial score (nSPS) is 18.5. The number of halogens is 2. The molecule has 1 aliphatic rings. The van der Waals surface area contributed by atoms with Gasteiger partial charge in [0.1, 0.15) is 5.82 Å². The van der Waals surface area contributed by atoms with Crippen molar-refractivity contribution in [2.75, 3.05) is 13.1 Å². The van der Waals surface area contributed by atoms with E-state index < -0.39 is 0 Å². The third-order valence-corrected chi connectivity index (χ3v) is 4.50. The summed E-state index contributed by atoms with van der Waals surface area (Å²) in [6.07, 6.45) is 0.986. The minimum atomic E-state index is -0.254. The molecule has 0 aliphatic carbocycles. The molecule has 21 heavy (non-hydrogen) atoms. The summed E-state index contributed by atoms with van der Waals surface area (Å²) in [4.78, 5) is 2.28. The average Bonchev–Trinajstić information content (AvgIpc) is 2.50. The van der Waals surface area contributed by atoms with Crippen LogP contribution in [0.1, 0.15) is 22.7 Å². The van der Waals surface area contributed by atoms with Gasteiger partial charge in [-0.15, -0.1) is 0 Å². The molecule has 0 fully saturated rings. The van der Waals surface area contributed by atoms with Crippen molar-refractivity contribution in [3.05, 3.63) is 70.0 Å². The van der Waals surface area contributed by atoms with Gasteiger partial charge in [0, 0.05) is 30.7 Å². The standard InChI is InChI=1S/C17H18ClFN2/c18-16-6-5-14(19)9-13(16)11-21-8-7-12-3-1-2-4-15(12)17(21)10-20/h1-6,9,17H,7-8,10-11,20H2. The molecule has 1 unspecified atom stereocenters. The molecule has 2 aromatic rings. The number of fused-ring (bicyclic) bond motifs is 1. The first-order valence-corrected chi connectivity index (χ1v) is 7.52. The quantitative estimate of drug-likeness (QED) is 0.940. The second-order valence-corrected chi connectivity index (χ2v) is 5.81. The van der Waals surface area contributed by atoms with Crippen molar-refractivity contribution in [1.82, 2.24) is 4.90 Å². The van der Waals surface area contributed by atoms with Crippen LogP contribution in [0.5, 0.6) is 0 Å². The Kier molecular flexibility index (Phi) is 4.24. The van der Waals surface area contributed by atoms with E-state index in [0.29, 0.717) is 18.1 Å². The van der Waals surface area contributed by atoms with Gasteiger partial charge < -0.3 is 5.73 Å². The fraction of sp³-hybridized carbons (Fsp3) is 0.294. The molecule has 0 saturated heterocycles. The van der Waals surface area contributed by atoms with Crippen LogP contribution in [-0.4, -0.2) is 18.0 Å². The van der Waals surface area contributed by atoms with Crippen LogP contribution in [0.2, 0.25) is 5.02 Å². The minimum Gasteiger partial charge on any atom is -0.329 e. The maximum atomic E-state index is 13.4. The van der Waals surface area contributed by atoms with Crippen molar-refractivity contribution < 1.29 is 4.39 Å². The van der Waals surface area contributed by atoms with Gasteiger partial charge >= 0.3 is 0 Å². The summed E-state index contributed by atoms with van der Waals surface area (Å²) < 4.78 is 13.4. The summed E-state index contributed by atoms with van der Waals surface area (Å²) in [5, 5.41) is 0.603. The first-order valence-electron chi connectivity index (χ1n) is 7.15. The third-order valence-electron chi connectivity index (χ3n) is 4.13. The molecule has 0 saturated carbocycles. The fourth-order valence-corrected chi connectivity index (χ4v) is 3.23. The van der Waals surface area contributed by atoms with Gasteiger partial charge in [0.25, 0.3) is 0 Å². The van der Waals surface area contributed by atoms with Crippen LogP contribution in [0.25, 0.3) is 0 Å². The first kappa shape index (κ1) is 14.5. The minimum absolute atomic E-state index is 0.161. The largest absolute Gasteiger partial charge is 0.329 e. The molecule has 1 atom stereocenters. The van der Waals surface area contributed by atoms with Gasteiger partial charge in [0.15, 0.2) is 0 Å². The molecule has 110 valence electrons. The summed E-state index contributed by atoms with van der Waals surface area (Å²) in [6, 6.07) is 13.1. The predicted molar refractivity (Wildman–Crippen MR) is 83.8 cm³/mol. The number of hydrogen-bond acceptors (Lipinski definition) is 2. The highest BCUT2D eigenvalue weighted by atomic mass is 35.5. The van der Waals surface area contributed by atoms with E-state index in [-0.39, 0.29) is 11.9 Å². The van der Waals surface area contributed by atoms with Crippen LogP contribution >= 0.6 is 11.6 Å². The lowest BCUT2D eigenvalue weighted by Crippen LogP contribution is -2.38. The molecule has 0 radical (unpaired) electrons. The van der Waals surface area contributed by atoms with E-state index in [2.05, 4.69) is 23.1 Å². The van der Waals surface area contributed by atoms with Crippen molar-refractivity contribution in [3.63, 3.8) is 0 Å². The number of hydrogen-bond donors (Lipinski definition) is 1. The highest BCUT2D eigenvalue weighted by molar-refractivity contribution is 6.31. The molecule has 4 heteroatoms. The molecular weight excluding hydrogens is 287 g/mol. The Balaban J connectivity index is 1.88. The Labute approximate surface area is 129 Å². The molecule has 1 heterocycles. The molecule has 2 N–H and O–H groups in total. The molecule has 2 aromatic carbocycles. The number of rotatable bonds is 3. The van der Waals surface area contributed by atoms with Gasteiger partial charge in [-0.05, 0) is 41.3 Å². The van der Waals surface area contributed by atoms with Crippen molar-refractivity contribution in [2.45, 2.75) is 19.0 Å². The summed E-state index contributed by atoms with van der Waals surface area (Å²) in [7, 11) is 0. The maximum Gasteiger partial charge on any atom is 0.123 e. The van der Waals surface area contributed by atoms with E-state index in [1.54, 1.807) is 6.07 Å². The lowest BCUT2D eigenvalue weighted by molar-refractivity contribution is 0.181. The lowest BCUT2D eigenvalue weighted by atomic mass is 9.92. The monoisotopic (exact) mass is 304 g/mol. The number of nitrogens with two attached hydrogens (primary N) is 1. The molecule has 0 bridgehead atoms. The summed E-state index contributed by atoms with van der Waals surface area (Å²) in [5.41, 5.74) is 9.43. The van der Waals surface area contributed by atoms with Gasteiger partial charge in [0.2, 0.25) is 0 Å². The molecule has 0 spiro atoms. The van der Waals surface area contributed by atoms with Crippen LogP contribution in [0.3, 0.4) is 0 Å². The van der Waals surface area contributed by atoms with E-state index in [1.165, 1.54) is 23.3 Å². The Morgan fingerprint density at radius 3 is 2.86 bits per heavy atom. The van der Waals surface area contributed by atoms with Gasteiger partial charge in [-0.3, -0.25) is 4.90 Å². The zero-order valence-corrected chi connectivity index (χ0v) is 12.5. The topological polar surface area (TPSA) is 29.3 Å². The number of benzene rings is 2. The van der Waals surface area contributed by atoms with E-state index in [1.807, 2.05) is 6.07 Å². The van der Waals surface area contributed by atoms with Crippen LogP contribution in [0.4, 0.5) is 4.39 Å². The van der Waals surface area contributed by atoms with E-state index in [9.17, 15) is 4.39 Å². The maximum absolute atomic E-state index is 13.4. The van der Waals surface area contributed by atoms with Crippen molar-refractivity contribution in [3.8, 4) is 0 Å². The SMILES string of the molecule is NCC1c2ccccc2CCN1Cc1cc(F)ccc1Cl. The van der Waals surface area contributed by atoms with Crippen LogP contribution in [0, 0.1) is 5.82 Å². The van der Waals surface area contributed by atoms with Gasteiger partial charge in [-0.2, -0.15) is 0 Å². The summed E-state index contributed by atoms with van der Waals surface area (Å²) in [5.74, 6) is -0.254. The Hall–Kier alpha value is -1.42. The van der Waals surface area contributed by atoms with Gasteiger partial charge in [-0.1, -0.05) is 35.9 Å². The average molecular weight is 305 g/mol. The first-order chi connectivity index (χ1) is 10.2. The number of nitrogens with zero attached hydrogens (tertiary/aromatic N) is 1. The molecule has 1 aliphatic heterocycles. The summed E-state index contributed by atoms with van der Waals surface area (Å²) in [6.45, 7) is 2.07. The van der Waals surface area contributed by atoms with Crippen LogP contribution in [0.15, 0.2) is 42.5 Å². The van der Waals surface area contributed by atoms with Gasteiger partial charge in [0.05, 0.1) is 0 Å². The molecule has 0 aromatic heterocycles. The second kappa shape index (κ2) is 6.14. The van der Waals surface area contributed by atoms with E-state index in [0.717, 1.165) is 18.5 Å². The zero-order chi connectivity index (χ0) is 14.8. The second-order valence-electron chi connectivity index (χ2n) is 5.41. The van der Waals surface area contributed by atoms with Crippen LogP contribution < -0.4 is 5.73 Å². The smallest absolute Gasteiger partial charge is 0.123 e. The lowest BCUT2D eigenvalue weighted by Gasteiger charge is -2.37. The van der Waals surface area contributed by atoms with E-state index in [4.69, 9.17) is 17.3 Å². The molecule has 2 nitrogen and oxygen atoms in total. The zero-order valence-electron chi connectivity index (χ0n) is 11.7. The van der Waals surface area contributed by atoms with Crippen molar-refractivity contribution >= 4 is 11.6 Å². The highest BCUT2D eigenvalue weighted by Gasteiger charge is 2.26. The molecular formula is C17H18ClFN2.